The Morgan fingerprint density at radius 1 is 1.17 bits per heavy atom. The zero-order chi connectivity index (χ0) is 9.19. The van der Waals surface area contributed by atoms with Crippen LogP contribution in [0.25, 0.3) is 0 Å². The highest BCUT2D eigenvalue weighted by Gasteiger charge is 2.27. The van der Waals surface area contributed by atoms with Crippen LogP contribution in [0, 0.1) is 5.92 Å². The first-order chi connectivity index (χ1) is 5.56. The molecule has 0 saturated heterocycles. The lowest BCUT2D eigenvalue weighted by Crippen LogP contribution is -2.27. The summed E-state index contributed by atoms with van der Waals surface area (Å²) in [5.41, 5.74) is 0. The molecule has 72 valence electrons. The Balaban J connectivity index is 2.56. The molecule has 0 atom stereocenters. The van der Waals surface area contributed by atoms with Crippen LogP contribution >= 0.6 is 0 Å². The fourth-order valence-corrected chi connectivity index (χ4v) is 3.29. The molecule has 0 aromatic heterocycles. The molecule has 0 amide bonds. The molecule has 0 aromatic rings. The second-order valence-electron chi connectivity index (χ2n) is 3.83. The van der Waals surface area contributed by atoms with Crippen LogP contribution in [0.2, 0.25) is 0 Å². The molecular formula is C9H18O2S. The van der Waals surface area contributed by atoms with Crippen LogP contribution < -0.4 is 0 Å². The molecule has 3 heteroatoms. The highest BCUT2D eigenvalue weighted by Crippen LogP contribution is 2.28. The van der Waals surface area contributed by atoms with Gasteiger partial charge in [-0.1, -0.05) is 13.8 Å². The standard InChI is InChI=1S/C9H18O2S/c1-3-12(10,11)9-6-4-8(2)5-7-9/h8-9H,3-7H2,1-2H3. The number of hydrogen-bond donors (Lipinski definition) is 0. The van der Waals surface area contributed by atoms with E-state index in [9.17, 15) is 8.42 Å². The molecule has 1 aliphatic rings. The van der Waals surface area contributed by atoms with Crippen molar-refractivity contribution in [2.75, 3.05) is 5.75 Å². The molecular weight excluding hydrogens is 172 g/mol. The average Bonchev–Trinajstić information content (AvgIpc) is 2.05. The highest BCUT2D eigenvalue weighted by molar-refractivity contribution is 7.92. The number of hydrogen-bond acceptors (Lipinski definition) is 2. The molecule has 1 rings (SSSR count). The lowest BCUT2D eigenvalue weighted by atomic mass is 9.91. The Hall–Kier alpha value is -0.0500. The first kappa shape index (κ1) is 10.0. The SMILES string of the molecule is CCS(=O)(=O)C1CCC(C)CC1. The maximum Gasteiger partial charge on any atom is 0.152 e. The molecule has 0 spiro atoms. The third-order valence-electron chi connectivity index (χ3n) is 2.87. The predicted octanol–water partition coefficient (Wildman–Crippen LogP) is 2.00. The minimum atomic E-state index is -2.74. The molecule has 0 unspecified atom stereocenters. The Morgan fingerprint density at radius 3 is 2.08 bits per heavy atom. The molecule has 0 radical (unpaired) electrons. The van der Waals surface area contributed by atoms with E-state index in [1.807, 2.05) is 0 Å². The van der Waals surface area contributed by atoms with Crippen LogP contribution in [0.15, 0.2) is 0 Å². The summed E-state index contributed by atoms with van der Waals surface area (Å²) in [5, 5.41) is -0.0290. The predicted molar refractivity (Wildman–Crippen MR) is 50.9 cm³/mol. The van der Waals surface area contributed by atoms with Gasteiger partial charge in [0.25, 0.3) is 0 Å². The normalized spacial score (nSPS) is 31.8. The molecule has 2 nitrogen and oxygen atoms in total. The van der Waals surface area contributed by atoms with Crippen molar-refractivity contribution in [2.45, 2.75) is 44.8 Å². The van der Waals surface area contributed by atoms with E-state index in [0.717, 1.165) is 31.6 Å². The van der Waals surface area contributed by atoms with Gasteiger partial charge in [0.2, 0.25) is 0 Å². The van der Waals surface area contributed by atoms with Crippen molar-refractivity contribution in [1.29, 1.82) is 0 Å². The van der Waals surface area contributed by atoms with Gasteiger partial charge in [-0.05, 0) is 31.6 Å². The van der Waals surface area contributed by atoms with Crippen molar-refractivity contribution in [1.82, 2.24) is 0 Å². The van der Waals surface area contributed by atoms with Gasteiger partial charge in [-0.3, -0.25) is 0 Å². The largest absolute Gasteiger partial charge is 0.229 e. The van der Waals surface area contributed by atoms with Gasteiger partial charge in [0.15, 0.2) is 9.84 Å². The van der Waals surface area contributed by atoms with Crippen molar-refractivity contribution in [3.8, 4) is 0 Å². The molecule has 0 heterocycles. The molecule has 0 aromatic carbocycles. The van der Waals surface area contributed by atoms with E-state index < -0.39 is 9.84 Å². The molecule has 1 saturated carbocycles. The average molecular weight is 190 g/mol. The molecule has 0 N–H and O–H groups in total. The maximum absolute atomic E-state index is 11.5. The molecule has 1 fully saturated rings. The minimum absolute atomic E-state index is 0.0290. The third-order valence-corrected chi connectivity index (χ3v) is 5.16. The van der Waals surface area contributed by atoms with Crippen LogP contribution in [-0.2, 0) is 9.84 Å². The van der Waals surface area contributed by atoms with Crippen LogP contribution in [0.3, 0.4) is 0 Å². The van der Waals surface area contributed by atoms with E-state index in [1.165, 1.54) is 0 Å². The highest BCUT2D eigenvalue weighted by atomic mass is 32.2. The van der Waals surface area contributed by atoms with Crippen molar-refractivity contribution < 1.29 is 8.42 Å². The van der Waals surface area contributed by atoms with Gasteiger partial charge in [0.05, 0.1) is 5.25 Å². The van der Waals surface area contributed by atoms with Gasteiger partial charge in [0, 0.05) is 5.75 Å². The summed E-state index contributed by atoms with van der Waals surface area (Å²) < 4.78 is 22.9. The van der Waals surface area contributed by atoms with Crippen LogP contribution in [-0.4, -0.2) is 19.4 Å². The second-order valence-corrected chi connectivity index (χ2v) is 6.40. The molecule has 12 heavy (non-hydrogen) atoms. The summed E-state index contributed by atoms with van der Waals surface area (Å²) in [5.74, 6) is 1.04. The van der Waals surface area contributed by atoms with E-state index >= 15 is 0 Å². The number of rotatable bonds is 2. The zero-order valence-corrected chi connectivity index (χ0v) is 8.73. The molecule has 0 aliphatic heterocycles. The van der Waals surface area contributed by atoms with Crippen molar-refractivity contribution in [3.63, 3.8) is 0 Å². The van der Waals surface area contributed by atoms with Gasteiger partial charge >= 0.3 is 0 Å². The Kier molecular flexibility index (Phi) is 3.16. The summed E-state index contributed by atoms with van der Waals surface area (Å²) >= 11 is 0. The topological polar surface area (TPSA) is 34.1 Å². The van der Waals surface area contributed by atoms with Gasteiger partial charge in [-0.2, -0.15) is 0 Å². The first-order valence-corrected chi connectivity index (χ1v) is 6.49. The summed E-state index contributed by atoms with van der Waals surface area (Å²) in [4.78, 5) is 0. The van der Waals surface area contributed by atoms with Crippen LogP contribution in [0.5, 0.6) is 0 Å². The van der Waals surface area contributed by atoms with E-state index in [0.29, 0.717) is 5.75 Å². The quantitative estimate of drug-likeness (QED) is 0.667. The fraction of sp³-hybridized carbons (Fsp3) is 1.00. The Morgan fingerprint density at radius 2 is 1.67 bits per heavy atom. The summed E-state index contributed by atoms with van der Waals surface area (Å²) in [6.07, 6.45) is 3.95. The van der Waals surface area contributed by atoms with E-state index in [4.69, 9.17) is 0 Å². The van der Waals surface area contributed by atoms with Crippen LogP contribution in [0.4, 0.5) is 0 Å². The monoisotopic (exact) mass is 190 g/mol. The lowest BCUT2D eigenvalue weighted by molar-refractivity contribution is 0.382. The Bertz CT molecular complexity index is 223. The maximum atomic E-state index is 11.5. The van der Waals surface area contributed by atoms with Gasteiger partial charge in [-0.15, -0.1) is 0 Å². The first-order valence-electron chi connectivity index (χ1n) is 4.78. The molecule has 1 aliphatic carbocycles. The fourth-order valence-electron chi connectivity index (χ4n) is 1.82. The second kappa shape index (κ2) is 3.77. The smallest absolute Gasteiger partial charge is 0.152 e. The van der Waals surface area contributed by atoms with Crippen molar-refractivity contribution in [3.05, 3.63) is 0 Å². The summed E-state index contributed by atoms with van der Waals surface area (Å²) in [7, 11) is -2.74. The Labute approximate surface area is 75.3 Å². The van der Waals surface area contributed by atoms with E-state index in [-0.39, 0.29) is 5.25 Å². The van der Waals surface area contributed by atoms with Crippen LogP contribution in [0.1, 0.15) is 39.5 Å². The van der Waals surface area contributed by atoms with E-state index in [1.54, 1.807) is 6.92 Å². The lowest BCUT2D eigenvalue weighted by Gasteiger charge is -2.25. The summed E-state index contributed by atoms with van der Waals surface area (Å²) in [6.45, 7) is 3.95. The van der Waals surface area contributed by atoms with Crippen molar-refractivity contribution in [2.24, 2.45) is 5.92 Å². The van der Waals surface area contributed by atoms with Gasteiger partial charge in [0.1, 0.15) is 0 Å². The third kappa shape index (κ3) is 2.22. The van der Waals surface area contributed by atoms with Gasteiger partial charge in [-0.25, -0.2) is 8.42 Å². The molecule has 0 bridgehead atoms. The zero-order valence-electron chi connectivity index (χ0n) is 7.91. The van der Waals surface area contributed by atoms with Gasteiger partial charge < -0.3 is 0 Å². The number of sulfone groups is 1. The minimum Gasteiger partial charge on any atom is -0.229 e. The van der Waals surface area contributed by atoms with Crippen molar-refractivity contribution >= 4 is 9.84 Å². The summed E-state index contributed by atoms with van der Waals surface area (Å²) in [6, 6.07) is 0. The van der Waals surface area contributed by atoms with E-state index in [2.05, 4.69) is 6.92 Å².